The van der Waals surface area contributed by atoms with Crippen molar-refractivity contribution in [1.82, 2.24) is 5.32 Å². The van der Waals surface area contributed by atoms with Crippen LogP contribution in [0.25, 0.3) is 0 Å². The zero-order valence-electron chi connectivity index (χ0n) is 5.15. The van der Waals surface area contributed by atoms with E-state index in [-0.39, 0.29) is 0 Å². The molecule has 44 valence electrons. The quantitative estimate of drug-likeness (QED) is 0.570. The highest BCUT2D eigenvalue weighted by atomic mass is 15.0. The van der Waals surface area contributed by atoms with Crippen LogP contribution in [0.1, 0.15) is 19.8 Å². The van der Waals surface area contributed by atoms with Gasteiger partial charge in [0, 0.05) is 11.9 Å². The van der Waals surface area contributed by atoms with E-state index in [2.05, 4.69) is 18.4 Å². The van der Waals surface area contributed by atoms with Gasteiger partial charge in [0.15, 0.2) is 0 Å². The Kier molecular flexibility index (Phi) is 0.706. The second-order valence-corrected chi connectivity index (χ2v) is 2.99. The van der Waals surface area contributed by atoms with Crippen LogP contribution in [0, 0.1) is 11.8 Å². The maximum atomic E-state index is 3.12. The molecule has 1 heteroatoms. The Hall–Kier alpha value is -0.460. The van der Waals surface area contributed by atoms with Gasteiger partial charge in [-0.2, -0.15) is 0 Å². The van der Waals surface area contributed by atoms with E-state index in [1.807, 2.05) is 0 Å². The Morgan fingerprint density at radius 3 is 2.88 bits per heavy atom. The molecule has 2 atom stereocenters. The molecule has 0 aromatic heterocycles. The van der Waals surface area contributed by atoms with E-state index in [9.17, 15) is 0 Å². The van der Waals surface area contributed by atoms with Crippen LogP contribution in [0.4, 0.5) is 0 Å². The maximum Gasteiger partial charge on any atom is 0.0312 e. The predicted octanol–water partition coefficient (Wildman–Crippen LogP) is 1.48. The molecule has 1 aliphatic carbocycles. The first-order valence-electron chi connectivity index (χ1n) is 3.32. The van der Waals surface area contributed by atoms with Gasteiger partial charge in [-0.3, -0.25) is 0 Å². The first-order chi connectivity index (χ1) is 3.86. The van der Waals surface area contributed by atoms with Gasteiger partial charge in [0.1, 0.15) is 0 Å². The maximum absolute atomic E-state index is 3.12. The summed E-state index contributed by atoms with van der Waals surface area (Å²) in [6.45, 7) is 2.33. The van der Waals surface area contributed by atoms with Gasteiger partial charge < -0.3 is 5.32 Å². The summed E-state index contributed by atoms with van der Waals surface area (Å²) in [6.07, 6.45) is 4.88. The van der Waals surface area contributed by atoms with Gasteiger partial charge in [-0.25, -0.2) is 0 Å². The number of rotatable bonds is 2. The summed E-state index contributed by atoms with van der Waals surface area (Å²) >= 11 is 0. The molecule has 2 aliphatic rings. The minimum atomic E-state index is 1.01. The zero-order valence-corrected chi connectivity index (χ0v) is 5.15. The molecule has 0 spiro atoms. The summed E-state index contributed by atoms with van der Waals surface area (Å²) in [5, 5.41) is 3.12. The van der Waals surface area contributed by atoms with E-state index in [4.69, 9.17) is 0 Å². The number of hydrogen-bond acceptors (Lipinski definition) is 1. The number of hydrogen-bond donors (Lipinski definition) is 1. The van der Waals surface area contributed by atoms with Crippen molar-refractivity contribution in [3.63, 3.8) is 0 Å². The molecule has 0 radical (unpaired) electrons. The molecular formula is C7H11N. The van der Waals surface area contributed by atoms with Crippen molar-refractivity contribution >= 4 is 0 Å². The standard InChI is InChI=1S/C7H11N/c1-5-2-6(5)3-7-4-8-7/h4-6,8H,2-3H2,1H3/t5?,6-/m1/s1. The molecule has 2 rings (SSSR count). The van der Waals surface area contributed by atoms with Gasteiger partial charge in [0.25, 0.3) is 0 Å². The lowest BCUT2D eigenvalue weighted by Gasteiger charge is -1.85. The average Bonchev–Trinajstić information content (AvgIpc) is 2.52. The van der Waals surface area contributed by atoms with Crippen LogP contribution in [0.15, 0.2) is 11.9 Å². The summed E-state index contributed by atoms with van der Waals surface area (Å²) in [5.41, 5.74) is 1.47. The molecule has 1 heterocycles. The Labute approximate surface area is 49.8 Å². The zero-order chi connectivity index (χ0) is 5.56. The van der Waals surface area contributed by atoms with Crippen molar-refractivity contribution in [3.8, 4) is 0 Å². The van der Waals surface area contributed by atoms with Crippen LogP contribution in [-0.4, -0.2) is 0 Å². The molecule has 0 saturated heterocycles. The summed E-state index contributed by atoms with van der Waals surface area (Å²) in [7, 11) is 0. The third-order valence-corrected chi connectivity index (χ3v) is 2.11. The molecule has 0 amide bonds. The molecule has 1 saturated carbocycles. The molecule has 1 aliphatic heterocycles. The number of nitrogens with one attached hydrogen (secondary N) is 1. The van der Waals surface area contributed by atoms with E-state index in [1.165, 1.54) is 18.5 Å². The van der Waals surface area contributed by atoms with E-state index in [0.29, 0.717) is 0 Å². The lowest BCUT2D eigenvalue weighted by Crippen LogP contribution is -1.82. The van der Waals surface area contributed by atoms with Crippen molar-refractivity contribution in [2.24, 2.45) is 11.8 Å². The highest BCUT2D eigenvalue weighted by Crippen LogP contribution is 2.42. The van der Waals surface area contributed by atoms with Gasteiger partial charge in [0.05, 0.1) is 0 Å². The number of allylic oxidation sites excluding steroid dienone is 1. The van der Waals surface area contributed by atoms with Crippen LogP contribution in [0.2, 0.25) is 0 Å². The third-order valence-electron chi connectivity index (χ3n) is 2.11. The lowest BCUT2D eigenvalue weighted by atomic mass is 10.2. The fraction of sp³-hybridized carbons (Fsp3) is 0.714. The monoisotopic (exact) mass is 109 g/mol. The van der Waals surface area contributed by atoms with Crippen molar-refractivity contribution in [3.05, 3.63) is 11.9 Å². The second kappa shape index (κ2) is 1.28. The Balaban J connectivity index is 1.77. The van der Waals surface area contributed by atoms with Gasteiger partial charge >= 0.3 is 0 Å². The van der Waals surface area contributed by atoms with E-state index >= 15 is 0 Å². The molecular weight excluding hydrogens is 98.1 g/mol. The summed E-state index contributed by atoms with van der Waals surface area (Å²) < 4.78 is 0. The van der Waals surface area contributed by atoms with Crippen molar-refractivity contribution in [2.75, 3.05) is 0 Å². The Morgan fingerprint density at radius 1 is 1.88 bits per heavy atom. The highest BCUT2D eigenvalue weighted by Gasteiger charge is 2.34. The SMILES string of the molecule is CC1C[C@@H]1CC1=CN1. The smallest absolute Gasteiger partial charge is 0.0312 e. The van der Waals surface area contributed by atoms with Gasteiger partial charge in [-0.1, -0.05) is 6.92 Å². The molecule has 1 N–H and O–H groups in total. The van der Waals surface area contributed by atoms with Crippen LogP contribution in [0.3, 0.4) is 0 Å². The van der Waals surface area contributed by atoms with Crippen molar-refractivity contribution in [2.45, 2.75) is 19.8 Å². The van der Waals surface area contributed by atoms with E-state index in [0.717, 1.165) is 11.8 Å². The fourth-order valence-electron chi connectivity index (χ4n) is 1.13. The minimum Gasteiger partial charge on any atom is -0.362 e. The Morgan fingerprint density at radius 2 is 2.50 bits per heavy atom. The van der Waals surface area contributed by atoms with Crippen LogP contribution in [-0.2, 0) is 0 Å². The van der Waals surface area contributed by atoms with E-state index in [1.54, 1.807) is 0 Å². The predicted molar refractivity (Wildman–Crippen MR) is 33.1 cm³/mol. The average molecular weight is 109 g/mol. The fourth-order valence-corrected chi connectivity index (χ4v) is 1.13. The molecule has 1 fully saturated rings. The first-order valence-corrected chi connectivity index (χ1v) is 3.32. The summed E-state index contributed by atoms with van der Waals surface area (Å²) in [4.78, 5) is 0. The minimum absolute atomic E-state index is 1.01. The molecule has 8 heavy (non-hydrogen) atoms. The van der Waals surface area contributed by atoms with Crippen LogP contribution < -0.4 is 5.32 Å². The van der Waals surface area contributed by atoms with Crippen molar-refractivity contribution in [1.29, 1.82) is 0 Å². The largest absolute Gasteiger partial charge is 0.362 e. The van der Waals surface area contributed by atoms with Crippen LogP contribution in [0.5, 0.6) is 0 Å². The Bertz CT molecular complexity index is 137. The van der Waals surface area contributed by atoms with Crippen LogP contribution >= 0.6 is 0 Å². The third kappa shape index (κ3) is 0.726. The summed E-state index contributed by atoms with van der Waals surface area (Å²) in [5.74, 6) is 2.04. The van der Waals surface area contributed by atoms with Crippen molar-refractivity contribution < 1.29 is 0 Å². The second-order valence-electron chi connectivity index (χ2n) is 2.99. The molecule has 0 bridgehead atoms. The normalized spacial score (nSPS) is 40.4. The summed E-state index contributed by atoms with van der Waals surface area (Å²) in [6, 6.07) is 0. The topological polar surface area (TPSA) is 21.9 Å². The molecule has 0 aromatic rings. The van der Waals surface area contributed by atoms with Gasteiger partial charge in [-0.15, -0.1) is 0 Å². The first kappa shape index (κ1) is 4.42. The molecule has 1 nitrogen and oxygen atoms in total. The van der Waals surface area contributed by atoms with Gasteiger partial charge in [0.2, 0.25) is 0 Å². The lowest BCUT2D eigenvalue weighted by molar-refractivity contribution is 0.745. The molecule has 1 unspecified atom stereocenters. The van der Waals surface area contributed by atoms with Gasteiger partial charge in [-0.05, 0) is 24.7 Å². The molecule has 0 aromatic carbocycles. The highest BCUT2D eigenvalue weighted by molar-refractivity contribution is 5.18. The van der Waals surface area contributed by atoms with E-state index < -0.39 is 0 Å².